The average Bonchev–Trinajstić information content (AvgIpc) is 2.83. The lowest BCUT2D eigenvalue weighted by molar-refractivity contribution is -0.157. The predicted octanol–water partition coefficient (Wildman–Crippen LogP) is 1.08. The Bertz CT molecular complexity index is 465. The largest absolute Gasteiger partial charge is 0.452 e. The van der Waals surface area contributed by atoms with E-state index in [1.54, 1.807) is 0 Å². The first kappa shape index (κ1) is 16.8. The highest BCUT2D eigenvalue weighted by atomic mass is 16.5. The smallest absolute Gasteiger partial charge is 0.312 e. The fourth-order valence-corrected chi connectivity index (χ4v) is 3.53. The van der Waals surface area contributed by atoms with Crippen molar-refractivity contribution in [2.24, 2.45) is 23.5 Å². The highest BCUT2D eigenvalue weighted by molar-refractivity contribution is 5.88. The number of hydrogen-bond donors (Lipinski definition) is 1. The lowest BCUT2D eigenvalue weighted by Gasteiger charge is -2.39. The van der Waals surface area contributed by atoms with E-state index in [0.29, 0.717) is 18.4 Å². The van der Waals surface area contributed by atoms with E-state index in [4.69, 9.17) is 10.5 Å². The van der Waals surface area contributed by atoms with Crippen LogP contribution in [0.15, 0.2) is 0 Å². The number of ether oxygens (including phenoxy) is 1. The number of nitrogens with two attached hydrogens (primary N) is 1. The fraction of sp³-hybridized carbons (Fsp3) is 0.812. The molecule has 1 aliphatic carbocycles. The molecule has 5 atom stereocenters. The maximum Gasteiger partial charge on any atom is 0.312 e. The van der Waals surface area contributed by atoms with E-state index < -0.39 is 23.9 Å². The van der Waals surface area contributed by atoms with Crippen molar-refractivity contribution in [2.75, 3.05) is 6.54 Å². The molecule has 22 heavy (non-hydrogen) atoms. The van der Waals surface area contributed by atoms with Crippen LogP contribution in [0.2, 0.25) is 0 Å². The van der Waals surface area contributed by atoms with E-state index in [1.165, 1.54) is 13.3 Å². The Hall–Kier alpha value is -1.59. The van der Waals surface area contributed by atoms with Crippen LogP contribution in [0, 0.1) is 17.8 Å². The summed E-state index contributed by atoms with van der Waals surface area (Å²) in [6.45, 7) is 6.24. The Kier molecular flexibility index (Phi) is 5.08. The fourth-order valence-electron chi connectivity index (χ4n) is 3.53. The molecule has 0 aromatic heterocycles. The van der Waals surface area contributed by atoms with Crippen molar-refractivity contribution >= 4 is 17.8 Å². The number of carbonyl (C=O) groups is 3. The number of nitrogens with zero attached hydrogens (tertiary/aromatic N) is 1. The van der Waals surface area contributed by atoms with Gasteiger partial charge in [-0.3, -0.25) is 14.4 Å². The first-order chi connectivity index (χ1) is 10.3. The molecule has 2 aliphatic rings. The zero-order chi connectivity index (χ0) is 16.4. The summed E-state index contributed by atoms with van der Waals surface area (Å²) in [4.78, 5) is 37.2. The van der Waals surface area contributed by atoms with Gasteiger partial charge in [0.05, 0.1) is 5.92 Å². The van der Waals surface area contributed by atoms with Crippen molar-refractivity contribution in [3.05, 3.63) is 0 Å². The molecular weight excluding hydrogens is 284 g/mol. The second-order valence-electron chi connectivity index (χ2n) is 6.76. The molecule has 6 heteroatoms. The molecule has 0 bridgehead atoms. The Morgan fingerprint density at radius 1 is 1.32 bits per heavy atom. The van der Waals surface area contributed by atoms with Gasteiger partial charge in [-0.1, -0.05) is 26.7 Å². The van der Waals surface area contributed by atoms with Crippen LogP contribution in [-0.2, 0) is 19.1 Å². The third kappa shape index (κ3) is 3.42. The number of carbonyl (C=O) groups excluding carboxylic acids is 3. The Morgan fingerprint density at radius 3 is 2.64 bits per heavy atom. The van der Waals surface area contributed by atoms with Gasteiger partial charge in [-0.25, -0.2) is 0 Å². The molecule has 0 radical (unpaired) electrons. The molecule has 0 aromatic carbocycles. The van der Waals surface area contributed by atoms with Crippen LogP contribution in [0.3, 0.4) is 0 Å². The van der Waals surface area contributed by atoms with E-state index in [-0.39, 0.29) is 18.4 Å². The quantitative estimate of drug-likeness (QED) is 0.787. The van der Waals surface area contributed by atoms with Gasteiger partial charge in [-0.05, 0) is 25.2 Å². The van der Waals surface area contributed by atoms with Crippen LogP contribution in [0.5, 0.6) is 0 Å². The first-order valence-electron chi connectivity index (χ1n) is 8.10. The highest BCUT2D eigenvalue weighted by Gasteiger charge is 2.42. The summed E-state index contributed by atoms with van der Waals surface area (Å²) in [5, 5.41) is 0. The summed E-state index contributed by atoms with van der Waals surface area (Å²) in [6, 6.07) is 0.211. The monoisotopic (exact) mass is 310 g/mol. The number of rotatable bonds is 4. The van der Waals surface area contributed by atoms with Crippen LogP contribution in [0.1, 0.15) is 46.5 Å². The van der Waals surface area contributed by atoms with E-state index in [1.807, 2.05) is 4.90 Å². The van der Waals surface area contributed by atoms with Crippen molar-refractivity contribution in [3.63, 3.8) is 0 Å². The van der Waals surface area contributed by atoms with Gasteiger partial charge in [-0.2, -0.15) is 0 Å². The van der Waals surface area contributed by atoms with Gasteiger partial charge in [0.15, 0.2) is 6.10 Å². The molecule has 2 rings (SSSR count). The van der Waals surface area contributed by atoms with Gasteiger partial charge in [0.2, 0.25) is 5.91 Å². The minimum Gasteiger partial charge on any atom is -0.452 e. The first-order valence-corrected chi connectivity index (χ1v) is 8.10. The zero-order valence-electron chi connectivity index (χ0n) is 13.6. The predicted molar refractivity (Wildman–Crippen MR) is 80.5 cm³/mol. The highest BCUT2D eigenvalue weighted by Crippen LogP contribution is 2.35. The zero-order valence-corrected chi connectivity index (χ0v) is 13.6. The van der Waals surface area contributed by atoms with Crippen LogP contribution in [-0.4, -0.2) is 41.4 Å². The third-order valence-electron chi connectivity index (χ3n) is 5.25. The molecule has 6 nitrogen and oxygen atoms in total. The molecule has 124 valence electrons. The van der Waals surface area contributed by atoms with E-state index in [2.05, 4.69) is 13.8 Å². The van der Waals surface area contributed by atoms with E-state index in [9.17, 15) is 14.4 Å². The molecule has 2 N–H and O–H groups in total. The number of primary amides is 1. The molecule has 1 saturated carbocycles. The standard InChI is InChI=1S/C16H26N2O4/c1-9-5-4-6-13(10(9)2)18-8-12(7-14(18)19)16(21)22-11(3)15(17)20/h9-13H,4-8H2,1-3H3,(H2,17,20)/t9-,10-,11+,12-,13-/m1/s1. The van der Waals surface area contributed by atoms with Gasteiger partial charge in [-0.15, -0.1) is 0 Å². The van der Waals surface area contributed by atoms with Crippen LogP contribution < -0.4 is 5.73 Å². The van der Waals surface area contributed by atoms with Crippen molar-refractivity contribution in [2.45, 2.75) is 58.6 Å². The van der Waals surface area contributed by atoms with E-state index >= 15 is 0 Å². The van der Waals surface area contributed by atoms with Crippen LogP contribution >= 0.6 is 0 Å². The van der Waals surface area contributed by atoms with Gasteiger partial charge < -0.3 is 15.4 Å². The minimum atomic E-state index is -0.953. The van der Waals surface area contributed by atoms with Crippen LogP contribution in [0.25, 0.3) is 0 Å². The minimum absolute atomic E-state index is 0.0135. The molecule has 2 amide bonds. The second kappa shape index (κ2) is 6.67. The summed E-state index contributed by atoms with van der Waals surface area (Å²) in [6.07, 6.45) is 2.53. The molecule has 1 saturated heterocycles. The summed E-state index contributed by atoms with van der Waals surface area (Å²) in [7, 11) is 0. The Morgan fingerprint density at radius 2 is 2.00 bits per heavy atom. The van der Waals surface area contributed by atoms with Crippen molar-refractivity contribution in [1.29, 1.82) is 0 Å². The van der Waals surface area contributed by atoms with Crippen LogP contribution in [0.4, 0.5) is 0 Å². The summed E-state index contributed by atoms with van der Waals surface area (Å²) in [5.41, 5.74) is 5.09. The Balaban J connectivity index is 1.98. The summed E-state index contributed by atoms with van der Waals surface area (Å²) >= 11 is 0. The van der Waals surface area contributed by atoms with Crippen molar-refractivity contribution < 1.29 is 19.1 Å². The molecule has 0 unspecified atom stereocenters. The van der Waals surface area contributed by atoms with E-state index in [0.717, 1.165) is 12.8 Å². The SMILES string of the molecule is C[C@@H]1[C@H](C)CCC[C@H]1N1C[C@H](C(=O)O[C@@H](C)C(N)=O)CC1=O. The number of likely N-dealkylation sites (tertiary alicyclic amines) is 1. The molecule has 1 heterocycles. The molecule has 1 aliphatic heterocycles. The number of esters is 1. The van der Waals surface area contributed by atoms with Gasteiger partial charge in [0, 0.05) is 19.0 Å². The lowest BCUT2D eigenvalue weighted by Crippen LogP contribution is -2.45. The summed E-state index contributed by atoms with van der Waals surface area (Å²) in [5.74, 6) is -0.620. The average molecular weight is 310 g/mol. The lowest BCUT2D eigenvalue weighted by atomic mass is 9.77. The maximum atomic E-state index is 12.3. The molecule has 0 spiro atoms. The second-order valence-corrected chi connectivity index (χ2v) is 6.76. The Labute approximate surface area is 131 Å². The van der Waals surface area contributed by atoms with Gasteiger partial charge >= 0.3 is 5.97 Å². The number of hydrogen-bond acceptors (Lipinski definition) is 4. The topological polar surface area (TPSA) is 89.7 Å². The third-order valence-corrected chi connectivity index (χ3v) is 5.25. The van der Waals surface area contributed by atoms with Gasteiger partial charge in [0.1, 0.15) is 0 Å². The maximum absolute atomic E-state index is 12.3. The molecular formula is C16H26N2O4. The normalized spacial score (nSPS) is 33.6. The molecule has 2 fully saturated rings. The van der Waals surface area contributed by atoms with Crippen molar-refractivity contribution in [3.8, 4) is 0 Å². The molecule has 0 aromatic rings. The number of amides is 2. The van der Waals surface area contributed by atoms with Crippen molar-refractivity contribution in [1.82, 2.24) is 4.90 Å². The van der Waals surface area contributed by atoms with Gasteiger partial charge in [0.25, 0.3) is 5.91 Å². The summed E-state index contributed by atoms with van der Waals surface area (Å²) < 4.78 is 5.04.